The van der Waals surface area contributed by atoms with Gasteiger partial charge < -0.3 is 9.52 Å². The molecular weight excluding hydrogens is 461 g/mol. The van der Waals surface area contributed by atoms with Crippen LogP contribution in [0.25, 0.3) is 33.6 Å². The standard InChI is InChI=1S/C28H22FN3O4/c29-20-10-12-21(13-11-20)32-26(8-4-5-9-27(33)34)30-24-16-22(14-15-23(24)28(32)35)31-17-25(36-18-31)19-6-2-1-3-7-19/h1-3,6-7,10-18H,4-5,8-9H2/p+1. The molecule has 0 bridgehead atoms. The summed E-state index contributed by atoms with van der Waals surface area (Å²) in [6.45, 7) is 0. The van der Waals surface area contributed by atoms with Crippen LogP contribution in [0, 0.1) is 5.82 Å². The number of carboxylic acid groups (broad SMARTS) is 1. The third-order valence-electron chi connectivity index (χ3n) is 5.95. The van der Waals surface area contributed by atoms with Crippen molar-refractivity contribution in [1.82, 2.24) is 9.55 Å². The minimum absolute atomic E-state index is 0.0411. The van der Waals surface area contributed by atoms with Crippen molar-refractivity contribution >= 4 is 16.9 Å². The first kappa shape index (κ1) is 23.2. The van der Waals surface area contributed by atoms with Crippen molar-refractivity contribution in [2.24, 2.45) is 0 Å². The maximum absolute atomic E-state index is 13.5. The van der Waals surface area contributed by atoms with E-state index in [0.29, 0.717) is 47.4 Å². The number of unbranched alkanes of at least 4 members (excludes halogenated alkanes) is 1. The Hall–Kier alpha value is -4.59. The molecule has 0 aliphatic heterocycles. The summed E-state index contributed by atoms with van der Waals surface area (Å²) in [6.07, 6.45) is 4.90. The summed E-state index contributed by atoms with van der Waals surface area (Å²) in [5.74, 6) is -0.0763. The van der Waals surface area contributed by atoms with Gasteiger partial charge in [0.25, 0.3) is 5.56 Å². The number of hydrogen-bond acceptors (Lipinski definition) is 4. The van der Waals surface area contributed by atoms with Crippen LogP contribution in [0.2, 0.25) is 0 Å². The summed E-state index contributed by atoms with van der Waals surface area (Å²) in [6, 6.07) is 20.7. The fourth-order valence-corrected chi connectivity index (χ4v) is 4.15. The third-order valence-corrected chi connectivity index (χ3v) is 5.95. The van der Waals surface area contributed by atoms with E-state index in [0.717, 1.165) is 11.3 Å². The lowest BCUT2D eigenvalue weighted by atomic mass is 10.1. The van der Waals surface area contributed by atoms with Gasteiger partial charge in [0.05, 0.1) is 16.6 Å². The Labute approximate surface area is 205 Å². The molecule has 2 aromatic heterocycles. The minimum Gasteiger partial charge on any atom is -0.481 e. The second-order valence-corrected chi connectivity index (χ2v) is 8.44. The average molecular weight is 485 g/mol. The highest BCUT2D eigenvalue weighted by molar-refractivity contribution is 5.79. The van der Waals surface area contributed by atoms with Gasteiger partial charge in [-0.3, -0.25) is 14.2 Å². The van der Waals surface area contributed by atoms with Gasteiger partial charge in [-0.2, -0.15) is 0 Å². The monoisotopic (exact) mass is 484 g/mol. The van der Waals surface area contributed by atoms with Crippen LogP contribution in [0.15, 0.2) is 94.6 Å². The quantitative estimate of drug-likeness (QED) is 0.251. The molecule has 1 N–H and O–H groups in total. The van der Waals surface area contributed by atoms with Crippen molar-refractivity contribution in [3.63, 3.8) is 0 Å². The van der Waals surface area contributed by atoms with Crippen LogP contribution in [-0.4, -0.2) is 20.6 Å². The first-order chi connectivity index (χ1) is 17.5. The van der Waals surface area contributed by atoms with Gasteiger partial charge in [0.2, 0.25) is 17.6 Å². The Bertz CT molecular complexity index is 1590. The fraction of sp³-hybridized carbons (Fsp3) is 0.143. The molecule has 36 heavy (non-hydrogen) atoms. The van der Waals surface area contributed by atoms with E-state index in [9.17, 15) is 14.0 Å². The van der Waals surface area contributed by atoms with Gasteiger partial charge in [0.15, 0.2) is 0 Å². The smallest absolute Gasteiger partial charge is 0.341 e. The fourth-order valence-electron chi connectivity index (χ4n) is 4.15. The maximum atomic E-state index is 13.5. The van der Waals surface area contributed by atoms with Crippen LogP contribution in [0.4, 0.5) is 4.39 Å². The lowest BCUT2D eigenvalue weighted by molar-refractivity contribution is -0.599. The molecule has 0 saturated heterocycles. The Morgan fingerprint density at radius 2 is 1.81 bits per heavy atom. The molecule has 0 unspecified atom stereocenters. The number of aromatic nitrogens is 3. The molecule has 5 aromatic rings. The summed E-state index contributed by atoms with van der Waals surface area (Å²) < 4.78 is 22.6. The second-order valence-electron chi connectivity index (χ2n) is 8.44. The molecule has 0 atom stereocenters. The molecular formula is C28H23FN3O4+. The molecule has 8 heteroatoms. The van der Waals surface area contributed by atoms with E-state index in [1.807, 2.05) is 53.2 Å². The average Bonchev–Trinajstić information content (AvgIpc) is 3.38. The highest BCUT2D eigenvalue weighted by Crippen LogP contribution is 2.20. The van der Waals surface area contributed by atoms with Crippen molar-refractivity contribution in [2.75, 3.05) is 0 Å². The van der Waals surface area contributed by atoms with Crippen molar-refractivity contribution < 1.29 is 23.3 Å². The van der Waals surface area contributed by atoms with E-state index in [1.165, 1.54) is 28.8 Å². The van der Waals surface area contributed by atoms with Gasteiger partial charge in [0.1, 0.15) is 11.6 Å². The number of fused-ring (bicyclic) bond motifs is 1. The summed E-state index contributed by atoms with van der Waals surface area (Å²) in [5.41, 5.74) is 2.47. The van der Waals surface area contributed by atoms with Gasteiger partial charge in [-0.05, 0) is 43.2 Å². The summed E-state index contributed by atoms with van der Waals surface area (Å²) in [7, 11) is 0. The molecule has 3 aromatic carbocycles. The summed E-state index contributed by atoms with van der Waals surface area (Å²) in [4.78, 5) is 29.2. The van der Waals surface area contributed by atoms with Crippen molar-refractivity contribution in [2.45, 2.75) is 25.7 Å². The number of aryl methyl sites for hydroxylation is 1. The van der Waals surface area contributed by atoms with Crippen LogP contribution in [-0.2, 0) is 11.2 Å². The largest absolute Gasteiger partial charge is 0.481 e. The zero-order valence-corrected chi connectivity index (χ0v) is 19.3. The number of carbonyl (C=O) groups is 1. The molecule has 0 saturated carbocycles. The molecule has 0 fully saturated rings. The molecule has 0 radical (unpaired) electrons. The van der Waals surface area contributed by atoms with E-state index in [-0.39, 0.29) is 12.0 Å². The zero-order chi connectivity index (χ0) is 25.1. The van der Waals surface area contributed by atoms with Gasteiger partial charge >= 0.3 is 12.4 Å². The van der Waals surface area contributed by atoms with Crippen LogP contribution >= 0.6 is 0 Å². The highest BCUT2D eigenvalue weighted by Gasteiger charge is 2.18. The van der Waals surface area contributed by atoms with Crippen LogP contribution in [0.1, 0.15) is 25.1 Å². The lowest BCUT2D eigenvalue weighted by Crippen LogP contribution is -2.28. The molecule has 0 spiro atoms. The Morgan fingerprint density at radius 3 is 2.56 bits per heavy atom. The second kappa shape index (κ2) is 9.95. The number of benzene rings is 3. The molecule has 0 aliphatic carbocycles. The first-order valence-electron chi connectivity index (χ1n) is 11.6. The van der Waals surface area contributed by atoms with Gasteiger partial charge in [0, 0.05) is 30.5 Å². The molecule has 2 heterocycles. The molecule has 0 amide bonds. The van der Waals surface area contributed by atoms with Crippen molar-refractivity contribution in [1.29, 1.82) is 0 Å². The molecule has 7 nitrogen and oxygen atoms in total. The predicted octanol–water partition coefficient (Wildman–Crippen LogP) is 4.86. The van der Waals surface area contributed by atoms with Crippen LogP contribution < -0.4 is 10.1 Å². The topological polar surface area (TPSA) is 89.2 Å². The number of halogens is 1. The van der Waals surface area contributed by atoms with Crippen molar-refractivity contribution in [3.8, 4) is 22.7 Å². The zero-order valence-electron chi connectivity index (χ0n) is 19.3. The Kier molecular flexibility index (Phi) is 6.40. The number of hydrogen-bond donors (Lipinski definition) is 1. The van der Waals surface area contributed by atoms with Crippen LogP contribution in [0.5, 0.6) is 0 Å². The van der Waals surface area contributed by atoms with Crippen molar-refractivity contribution in [3.05, 3.63) is 107 Å². The Balaban J connectivity index is 1.56. The lowest BCUT2D eigenvalue weighted by Gasteiger charge is -2.13. The molecule has 5 rings (SSSR count). The van der Waals surface area contributed by atoms with Crippen LogP contribution in [0.3, 0.4) is 0 Å². The Morgan fingerprint density at radius 1 is 1.03 bits per heavy atom. The van der Waals surface area contributed by atoms with Gasteiger partial charge in [-0.1, -0.05) is 30.3 Å². The first-order valence-corrected chi connectivity index (χ1v) is 11.6. The number of rotatable bonds is 8. The molecule has 0 aliphatic rings. The third kappa shape index (κ3) is 4.79. The van der Waals surface area contributed by atoms with E-state index in [4.69, 9.17) is 14.5 Å². The summed E-state index contributed by atoms with van der Waals surface area (Å²) in [5, 5.41) is 9.37. The van der Waals surface area contributed by atoms with E-state index in [2.05, 4.69) is 0 Å². The van der Waals surface area contributed by atoms with Gasteiger partial charge in [-0.25, -0.2) is 9.37 Å². The number of carboxylic acids is 1. The van der Waals surface area contributed by atoms with E-state index in [1.54, 1.807) is 12.5 Å². The summed E-state index contributed by atoms with van der Waals surface area (Å²) >= 11 is 0. The van der Waals surface area contributed by atoms with Gasteiger partial charge in [-0.15, -0.1) is 4.57 Å². The number of aliphatic carboxylic acids is 1. The normalized spacial score (nSPS) is 11.1. The minimum atomic E-state index is -0.867. The maximum Gasteiger partial charge on any atom is 0.341 e. The number of oxazole rings is 1. The highest BCUT2D eigenvalue weighted by atomic mass is 19.1. The SMILES string of the molecule is O=C(O)CCCCc1nc2cc(-[n+]3coc(-c4ccccc4)c3)ccc2c(=O)n1-c1ccc(F)cc1. The molecule has 180 valence electrons. The number of nitrogens with zero attached hydrogens (tertiary/aromatic N) is 3. The van der Waals surface area contributed by atoms with E-state index >= 15 is 0 Å². The van der Waals surface area contributed by atoms with E-state index < -0.39 is 11.8 Å². The predicted molar refractivity (Wildman–Crippen MR) is 132 cm³/mol.